The summed E-state index contributed by atoms with van der Waals surface area (Å²) in [5, 5.41) is 0. The number of amides is 1. The molecule has 1 aliphatic heterocycles. The topological polar surface area (TPSA) is 55.6 Å². The highest BCUT2D eigenvalue weighted by atomic mass is 16.6. The van der Waals surface area contributed by atoms with Crippen LogP contribution in [-0.2, 0) is 9.63 Å². The Morgan fingerprint density at radius 3 is 2.71 bits per heavy atom. The predicted molar refractivity (Wildman–Crippen MR) is 54.3 cm³/mol. The molecule has 82 valence electrons. The third-order valence-corrected chi connectivity index (χ3v) is 2.55. The first kappa shape index (κ1) is 11.5. The molecule has 14 heavy (non-hydrogen) atoms. The Labute approximate surface area is 85.3 Å². The van der Waals surface area contributed by atoms with Crippen LogP contribution in [0.25, 0.3) is 0 Å². The average Bonchev–Trinajstić information content (AvgIpc) is 2.50. The number of nitrogens with zero attached hydrogens (tertiary/aromatic N) is 1. The van der Waals surface area contributed by atoms with E-state index in [1.165, 1.54) is 0 Å². The maximum absolute atomic E-state index is 11.9. The quantitative estimate of drug-likeness (QED) is 0.670. The fourth-order valence-corrected chi connectivity index (χ4v) is 1.76. The third-order valence-electron chi connectivity index (χ3n) is 2.55. The van der Waals surface area contributed by atoms with E-state index in [1.807, 2.05) is 25.7 Å². The smallest absolute Gasteiger partial charge is 0.227 e. The van der Waals surface area contributed by atoms with Gasteiger partial charge in [-0.1, -0.05) is 20.8 Å². The minimum atomic E-state index is -0.279. The summed E-state index contributed by atoms with van der Waals surface area (Å²) in [6.07, 6.45) is 0.999. The van der Waals surface area contributed by atoms with Crippen LogP contribution >= 0.6 is 0 Å². The van der Waals surface area contributed by atoms with E-state index in [0.717, 1.165) is 19.5 Å². The van der Waals surface area contributed by atoms with Gasteiger partial charge in [0.1, 0.15) is 0 Å². The van der Waals surface area contributed by atoms with Crippen LogP contribution in [0.5, 0.6) is 0 Å². The molecule has 0 bridgehead atoms. The fourth-order valence-electron chi connectivity index (χ4n) is 1.76. The SMILES string of the molecule is CC(C)(C)C(=O)N1CCC(CON)C1. The van der Waals surface area contributed by atoms with Crippen LogP contribution in [0.3, 0.4) is 0 Å². The zero-order valence-corrected chi connectivity index (χ0v) is 9.25. The van der Waals surface area contributed by atoms with Crippen LogP contribution < -0.4 is 5.90 Å². The van der Waals surface area contributed by atoms with Gasteiger partial charge < -0.3 is 9.74 Å². The maximum atomic E-state index is 11.9. The number of carbonyl (C=O) groups is 1. The Hall–Kier alpha value is -0.610. The lowest BCUT2D eigenvalue weighted by molar-refractivity contribution is -0.138. The van der Waals surface area contributed by atoms with Gasteiger partial charge in [-0.2, -0.15) is 0 Å². The van der Waals surface area contributed by atoms with Crippen LogP contribution in [0.2, 0.25) is 0 Å². The summed E-state index contributed by atoms with van der Waals surface area (Å²) in [7, 11) is 0. The molecule has 1 rings (SSSR count). The highest BCUT2D eigenvalue weighted by Gasteiger charge is 2.32. The van der Waals surface area contributed by atoms with Gasteiger partial charge in [0.25, 0.3) is 0 Å². The number of hydrogen-bond acceptors (Lipinski definition) is 3. The molecule has 1 aliphatic rings. The molecular formula is C10H20N2O2. The van der Waals surface area contributed by atoms with Crippen LogP contribution in [0.4, 0.5) is 0 Å². The molecule has 1 unspecified atom stereocenters. The number of rotatable bonds is 2. The molecule has 1 fully saturated rings. The zero-order chi connectivity index (χ0) is 10.8. The first-order valence-corrected chi connectivity index (χ1v) is 5.06. The molecule has 1 atom stereocenters. The summed E-state index contributed by atoms with van der Waals surface area (Å²) in [6, 6.07) is 0. The van der Waals surface area contributed by atoms with Crippen molar-refractivity contribution in [2.45, 2.75) is 27.2 Å². The molecule has 0 aromatic rings. The van der Waals surface area contributed by atoms with Crippen molar-refractivity contribution < 1.29 is 9.63 Å². The minimum absolute atomic E-state index is 0.219. The van der Waals surface area contributed by atoms with Crippen molar-refractivity contribution in [1.29, 1.82) is 0 Å². The molecule has 0 saturated carbocycles. The highest BCUT2D eigenvalue weighted by molar-refractivity contribution is 5.81. The molecule has 1 heterocycles. The van der Waals surface area contributed by atoms with Gasteiger partial charge in [-0.05, 0) is 6.42 Å². The molecule has 4 nitrogen and oxygen atoms in total. The number of hydrogen-bond donors (Lipinski definition) is 1. The summed E-state index contributed by atoms with van der Waals surface area (Å²) in [6.45, 7) is 8.01. The number of carbonyl (C=O) groups excluding carboxylic acids is 1. The normalized spacial score (nSPS) is 22.9. The zero-order valence-electron chi connectivity index (χ0n) is 9.25. The second kappa shape index (κ2) is 4.28. The van der Waals surface area contributed by atoms with Crippen LogP contribution in [-0.4, -0.2) is 30.5 Å². The molecule has 0 aromatic heterocycles. The van der Waals surface area contributed by atoms with Crippen LogP contribution in [0.15, 0.2) is 0 Å². The van der Waals surface area contributed by atoms with E-state index in [1.54, 1.807) is 0 Å². The summed E-state index contributed by atoms with van der Waals surface area (Å²) in [5.41, 5.74) is -0.279. The van der Waals surface area contributed by atoms with Crippen molar-refractivity contribution in [3.63, 3.8) is 0 Å². The van der Waals surface area contributed by atoms with Gasteiger partial charge in [0, 0.05) is 24.4 Å². The first-order chi connectivity index (χ1) is 6.45. The summed E-state index contributed by atoms with van der Waals surface area (Å²) < 4.78 is 0. The van der Waals surface area contributed by atoms with Crippen LogP contribution in [0, 0.1) is 11.3 Å². The van der Waals surface area contributed by atoms with E-state index < -0.39 is 0 Å². The molecular weight excluding hydrogens is 180 g/mol. The Bertz CT molecular complexity index is 211. The van der Waals surface area contributed by atoms with Crippen molar-refractivity contribution in [2.75, 3.05) is 19.7 Å². The molecule has 0 radical (unpaired) electrons. The summed E-state index contributed by atoms with van der Waals surface area (Å²) in [5.74, 6) is 5.64. The Balaban J connectivity index is 2.46. The Morgan fingerprint density at radius 2 is 2.21 bits per heavy atom. The Morgan fingerprint density at radius 1 is 1.57 bits per heavy atom. The van der Waals surface area contributed by atoms with E-state index >= 15 is 0 Å². The fraction of sp³-hybridized carbons (Fsp3) is 0.900. The average molecular weight is 200 g/mol. The van der Waals surface area contributed by atoms with Crippen molar-refractivity contribution >= 4 is 5.91 Å². The minimum Gasteiger partial charge on any atom is -0.342 e. The van der Waals surface area contributed by atoms with E-state index in [0.29, 0.717) is 12.5 Å². The lowest BCUT2D eigenvalue weighted by Gasteiger charge is -2.25. The molecule has 2 N–H and O–H groups in total. The molecule has 0 aromatic carbocycles. The van der Waals surface area contributed by atoms with Gasteiger partial charge >= 0.3 is 0 Å². The largest absolute Gasteiger partial charge is 0.342 e. The van der Waals surface area contributed by atoms with Gasteiger partial charge in [0.05, 0.1) is 6.61 Å². The molecule has 0 aliphatic carbocycles. The molecule has 1 saturated heterocycles. The van der Waals surface area contributed by atoms with Crippen molar-refractivity contribution in [2.24, 2.45) is 17.2 Å². The van der Waals surface area contributed by atoms with E-state index in [4.69, 9.17) is 5.90 Å². The standard InChI is InChI=1S/C10H20N2O2/c1-10(2,3)9(13)12-5-4-8(6-12)7-14-11/h8H,4-7,11H2,1-3H3. The highest BCUT2D eigenvalue weighted by Crippen LogP contribution is 2.23. The van der Waals surface area contributed by atoms with Crippen LogP contribution in [0.1, 0.15) is 27.2 Å². The lowest BCUT2D eigenvalue weighted by Crippen LogP contribution is -2.38. The van der Waals surface area contributed by atoms with Gasteiger partial charge in [0.2, 0.25) is 5.91 Å². The van der Waals surface area contributed by atoms with Gasteiger partial charge in [-0.3, -0.25) is 4.79 Å². The van der Waals surface area contributed by atoms with Crippen molar-refractivity contribution in [3.8, 4) is 0 Å². The molecule has 4 heteroatoms. The van der Waals surface area contributed by atoms with E-state index in [2.05, 4.69) is 4.84 Å². The monoisotopic (exact) mass is 200 g/mol. The van der Waals surface area contributed by atoms with Crippen molar-refractivity contribution in [3.05, 3.63) is 0 Å². The summed E-state index contributed by atoms with van der Waals surface area (Å²) in [4.78, 5) is 18.4. The first-order valence-electron chi connectivity index (χ1n) is 5.06. The molecule has 1 amide bonds. The third kappa shape index (κ3) is 2.69. The van der Waals surface area contributed by atoms with Crippen molar-refractivity contribution in [1.82, 2.24) is 4.90 Å². The number of likely N-dealkylation sites (tertiary alicyclic amines) is 1. The summed E-state index contributed by atoms with van der Waals surface area (Å²) >= 11 is 0. The lowest BCUT2D eigenvalue weighted by atomic mass is 9.95. The number of nitrogens with two attached hydrogens (primary N) is 1. The van der Waals surface area contributed by atoms with Gasteiger partial charge in [-0.25, -0.2) is 5.90 Å². The van der Waals surface area contributed by atoms with Gasteiger partial charge in [-0.15, -0.1) is 0 Å². The van der Waals surface area contributed by atoms with E-state index in [-0.39, 0.29) is 11.3 Å². The predicted octanol–water partition coefficient (Wildman–Crippen LogP) is 0.771. The second-order valence-corrected chi connectivity index (χ2v) is 4.99. The van der Waals surface area contributed by atoms with E-state index in [9.17, 15) is 4.79 Å². The Kier molecular flexibility index (Phi) is 3.50. The van der Waals surface area contributed by atoms with Gasteiger partial charge in [0.15, 0.2) is 0 Å². The second-order valence-electron chi connectivity index (χ2n) is 4.99. The maximum Gasteiger partial charge on any atom is 0.227 e. The molecule has 0 spiro atoms.